The van der Waals surface area contributed by atoms with Gasteiger partial charge in [-0.2, -0.15) is 18.3 Å². The first kappa shape index (κ1) is 15.3. The van der Waals surface area contributed by atoms with Gasteiger partial charge in [-0.25, -0.2) is 4.98 Å². The summed E-state index contributed by atoms with van der Waals surface area (Å²) in [6.07, 6.45) is -0.000164. The average Bonchev–Trinajstić information content (AvgIpc) is 3.03. The number of thiazole rings is 1. The van der Waals surface area contributed by atoms with Crippen LogP contribution in [0.2, 0.25) is 0 Å². The Balaban J connectivity index is 1.74. The van der Waals surface area contributed by atoms with E-state index in [1.807, 2.05) is 5.38 Å². The van der Waals surface area contributed by atoms with E-state index in [0.717, 1.165) is 42.4 Å². The standard InChI is InChI=1S/C12H13ClF3N3S/c13-5-10-8-20-11(18-10)3-1-2-4-19-7-9(6-17-19)12(14,15)16/h6-8H,1-5H2. The average molecular weight is 324 g/mol. The zero-order chi connectivity index (χ0) is 14.6. The van der Waals surface area contributed by atoms with Gasteiger partial charge in [-0.3, -0.25) is 4.68 Å². The number of hydrogen-bond donors (Lipinski definition) is 0. The van der Waals surface area contributed by atoms with Crippen LogP contribution in [0.15, 0.2) is 17.8 Å². The van der Waals surface area contributed by atoms with E-state index in [0.29, 0.717) is 12.4 Å². The van der Waals surface area contributed by atoms with Crippen LogP contribution in [0.1, 0.15) is 29.1 Å². The summed E-state index contributed by atoms with van der Waals surface area (Å²) in [5, 5.41) is 6.64. The summed E-state index contributed by atoms with van der Waals surface area (Å²) in [7, 11) is 0. The minimum atomic E-state index is -4.32. The van der Waals surface area contributed by atoms with E-state index >= 15 is 0 Å². The van der Waals surface area contributed by atoms with Gasteiger partial charge >= 0.3 is 6.18 Å². The van der Waals surface area contributed by atoms with Crippen molar-refractivity contribution in [2.24, 2.45) is 0 Å². The van der Waals surface area contributed by atoms with Gasteiger partial charge in [0, 0.05) is 18.1 Å². The number of alkyl halides is 4. The minimum Gasteiger partial charge on any atom is -0.272 e. The van der Waals surface area contributed by atoms with Gasteiger partial charge in [0.05, 0.1) is 28.3 Å². The molecule has 20 heavy (non-hydrogen) atoms. The molecule has 0 fully saturated rings. The van der Waals surface area contributed by atoms with Crippen molar-refractivity contribution in [3.8, 4) is 0 Å². The fraction of sp³-hybridized carbons (Fsp3) is 0.500. The Bertz CT molecular complexity index is 550. The second-order valence-electron chi connectivity index (χ2n) is 4.31. The van der Waals surface area contributed by atoms with Crippen LogP contribution in [0.3, 0.4) is 0 Å². The highest BCUT2D eigenvalue weighted by molar-refractivity contribution is 7.09. The molecule has 0 aliphatic carbocycles. The van der Waals surface area contributed by atoms with Gasteiger partial charge in [0.15, 0.2) is 0 Å². The number of hydrogen-bond acceptors (Lipinski definition) is 3. The Hall–Kier alpha value is -1.08. The normalized spacial score (nSPS) is 12.0. The predicted octanol–water partition coefficient (Wildman–Crippen LogP) is 4.12. The van der Waals surface area contributed by atoms with E-state index in [1.165, 1.54) is 4.68 Å². The molecule has 8 heteroatoms. The molecule has 0 saturated heterocycles. The number of aromatic nitrogens is 3. The van der Waals surface area contributed by atoms with Crippen molar-refractivity contribution in [3.05, 3.63) is 34.0 Å². The maximum atomic E-state index is 12.4. The molecule has 110 valence electrons. The van der Waals surface area contributed by atoms with Crippen LogP contribution in [-0.4, -0.2) is 14.8 Å². The highest BCUT2D eigenvalue weighted by atomic mass is 35.5. The fourth-order valence-corrected chi connectivity index (χ4v) is 2.78. The van der Waals surface area contributed by atoms with E-state index in [4.69, 9.17) is 11.6 Å². The summed E-state index contributed by atoms with van der Waals surface area (Å²) in [6.45, 7) is 0.476. The summed E-state index contributed by atoms with van der Waals surface area (Å²) >= 11 is 7.22. The maximum absolute atomic E-state index is 12.4. The molecule has 3 nitrogen and oxygen atoms in total. The Morgan fingerprint density at radius 1 is 1.30 bits per heavy atom. The lowest BCUT2D eigenvalue weighted by atomic mass is 10.2. The minimum absolute atomic E-state index is 0.407. The second kappa shape index (κ2) is 6.58. The van der Waals surface area contributed by atoms with E-state index in [2.05, 4.69) is 10.1 Å². The van der Waals surface area contributed by atoms with Crippen molar-refractivity contribution in [3.63, 3.8) is 0 Å². The summed E-state index contributed by atoms with van der Waals surface area (Å²) in [5.41, 5.74) is 0.165. The monoisotopic (exact) mass is 323 g/mol. The lowest BCUT2D eigenvalue weighted by Gasteiger charge is -2.02. The van der Waals surface area contributed by atoms with Gasteiger partial charge in [0.2, 0.25) is 0 Å². The smallest absolute Gasteiger partial charge is 0.272 e. The largest absolute Gasteiger partial charge is 0.419 e. The zero-order valence-corrected chi connectivity index (χ0v) is 12.1. The van der Waals surface area contributed by atoms with Gasteiger partial charge in [-0.1, -0.05) is 0 Å². The van der Waals surface area contributed by atoms with Crippen molar-refractivity contribution in [1.82, 2.24) is 14.8 Å². The molecule has 0 aromatic carbocycles. The molecule has 2 aromatic rings. The van der Waals surface area contributed by atoms with Crippen LogP contribution in [0.25, 0.3) is 0 Å². The third-order valence-electron chi connectivity index (χ3n) is 2.72. The van der Waals surface area contributed by atoms with Crippen molar-refractivity contribution >= 4 is 22.9 Å². The van der Waals surface area contributed by atoms with E-state index in [-0.39, 0.29) is 0 Å². The van der Waals surface area contributed by atoms with Crippen molar-refractivity contribution in [2.45, 2.75) is 37.9 Å². The first-order valence-corrected chi connectivity index (χ1v) is 7.49. The molecule has 0 aliphatic heterocycles. The Labute approximate surface area is 123 Å². The third kappa shape index (κ3) is 4.21. The van der Waals surface area contributed by atoms with E-state index < -0.39 is 11.7 Å². The topological polar surface area (TPSA) is 30.7 Å². The van der Waals surface area contributed by atoms with Gasteiger partial charge in [-0.05, 0) is 19.3 Å². The molecule has 0 atom stereocenters. The van der Waals surface area contributed by atoms with Crippen LogP contribution < -0.4 is 0 Å². The SMILES string of the molecule is FC(F)(F)c1cnn(CCCCc2nc(CCl)cs2)c1. The molecular weight excluding hydrogens is 311 g/mol. The summed E-state index contributed by atoms with van der Waals surface area (Å²) < 4.78 is 38.5. The predicted molar refractivity (Wildman–Crippen MR) is 71.8 cm³/mol. The molecular formula is C12H13ClF3N3S. The molecule has 0 radical (unpaired) electrons. The first-order valence-electron chi connectivity index (χ1n) is 6.08. The molecule has 0 amide bonds. The van der Waals surface area contributed by atoms with Crippen molar-refractivity contribution in [2.75, 3.05) is 0 Å². The van der Waals surface area contributed by atoms with Crippen LogP contribution in [0, 0.1) is 0 Å². The molecule has 0 unspecified atom stereocenters. The van der Waals surface area contributed by atoms with Crippen LogP contribution in [0.4, 0.5) is 13.2 Å². The van der Waals surface area contributed by atoms with Crippen LogP contribution >= 0.6 is 22.9 Å². The van der Waals surface area contributed by atoms with Crippen LogP contribution in [-0.2, 0) is 25.0 Å². The number of unbranched alkanes of at least 4 members (excludes halogenated alkanes) is 1. The number of nitrogens with zero attached hydrogens (tertiary/aromatic N) is 3. The fourth-order valence-electron chi connectivity index (χ4n) is 1.71. The zero-order valence-electron chi connectivity index (χ0n) is 10.5. The molecule has 0 aliphatic rings. The summed E-state index contributed by atoms with van der Waals surface area (Å²) in [5.74, 6) is 0.407. The quantitative estimate of drug-likeness (QED) is 0.591. The lowest BCUT2D eigenvalue weighted by Crippen LogP contribution is -2.03. The van der Waals surface area contributed by atoms with Gasteiger partial charge < -0.3 is 0 Å². The lowest BCUT2D eigenvalue weighted by molar-refractivity contribution is -0.137. The van der Waals surface area contributed by atoms with E-state index in [9.17, 15) is 13.2 Å². The highest BCUT2D eigenvalue weighted by Crippen LogP contribution is 2.28. The second-order valence-corrected chi connectivity index (χ2v) is 5.52. The van der Waals surface area contributed by atoms with Crippen LogP contribution in [0.5, 0.6) is 0 Å². The molecule has 0 spiro atoms. The van der Waals surface area contributed by atoms with Crippen molar-refractivity contribution < 1.29 is 13.2 Å². The third-order valence-corrected chi connectivity index (χ3v) is 3.96. The number of halogens is 4. The van der Waals surface area contributed by atoms with Gasteiger partial charge in [-0.15, -0.1) is 22.9 Å². The van der Waals surface area contributed by atoms with Gasteiger partial charge in [0.25, 0.3) is 0 Å². The van der Waals surface area contributed by atoms with Crippen molar-refractivity contribution in [1.29, 1.82) is 0 Å². The highest BCUT2D eigenvalue weighted by Gasteiger charge is 2.32. The molecule has 2 rings (SSSR count). The summed E-state index contributed by atoms with van der Waals surface area (Å²) in [6, 6.07) is 0. The molecule has 0 saturated carbocycles. The Morgan fingerprint density at radius 2 is 2.10 bits per heavy atom. The molecule has 2 aromatic heterocycles. The molecule has 2 heterocycles. The van der Waals surface area contributed by atoms with E-state index in [1.54, 1.807) is 11.3 Å². The molecule has 0 N–H and O–H groups in total. The van der Waals surface area contributed by atoms with Gasteiger partial charge in [0.1, 0.15) is 0 Å². The first-order chi connectivity index (χ1) is 9.49. The number of rotatable bonds is 6. The number of aryl methyl sites for hydroxylation is 2. The Morgan fingerprint density at radius 3 is 2.70 bits per heavy atom. The Kier molecular flexibility index (Phi) is 5.04. The molecule has 0 bridgehead atoms. The summed E-state index contributed by atoms with van der Waals surface area (Å²) in [4.78, 5) is 4.33. The maximum Gasteiger partial charge on any atom is 0.419 e.